The molecule has 1 saturated heterocycles. The number of likely N-dealkylation sites (tertiary alicyclic amines) is 1. The van der Waals surface area contributed by atoms with E-state index in [9.17, 15) is 4.79 Å². The van der Waals surface area contributed by atoms with E-state index in [4.69, 9.17) is 4.42 Å². The average Bonchev–Trinajstić information content (AvgIpc) is 3.43. The van der Waals surface area contributed by atoms with Crippen molar-refractivity contribution in [3.05, 3.63) is 29.6 Å². The van der Waals surface area contributed by atoms with Gasteiger partial charge in [0.05, 0.1) is 17.5 Å². The van der Waals surface area contributed by atoms with Crippen molar-refractivity contribution in [3.8, 4) is 10.4 Å². The molecule has 1 unspecified atom stereocenters. The second-order valence-electron chi connectivity index (χ2n) is 6.47. The van der Waals surface area contributed by atoms with Crippen molar-refractivity contribution in [1.29, 1.82) is 0 Å². The highest BCUT2D eigenvalue weighted by atomic mass is 32.2. The molecular formula is C18H17N5O2S2. The predicted octanol–water partition coefficient (Wildman–Crippen LogP) is 3.60. The topological polar surface area (TPSA) is 83.9 Å². The fourth-order valence-corrected chi connectivity index (χ4v) is 6.01. The molecule has 0 aromatic carbocycles. The number of rotatable bonds is 4. The van der Waals surface area contributed by atoms with Crippen molar-refractivity contribution < 1.29 is 9.21 Å². The second-order valence-corrected chi connectivity index (χ2v) is 9.67. The first-order valence-corrected chi connectivity index (χ1v) is 10.9. The number of hydrogen-bond acceptors (Lipinski definition) is 7. The van der Waals surface area contributed by atoms with Gasteiger partial charge in [-0.25, -0.2) is 9.97 Å². The summed E-state index contributed by atoms with van der Waals surface area (Å²) in [5.41, 5.74) is 3.42. The number of furan rings is 1. The van der Waals surface area contributed by atoms with E-state index in [0.717, 1.165) is 38.9 Å². The Hall–Kier alpha value is -2.52. The summed E-state index contributed by atoms with van der Waals surface area (Å²) in [7, 11) is -0.955. The maximum absolute atomic E-state index is 12.0. The fourth-order valence-electron chi connectivity index (χ4n) is 3.39. The summed E-state index contributed by atoms with van der Waals surface area (Å²) in [5, 5.41) is 11.2. The molecule has 0 aliphatic carbocycles. The predicted molar refractivity (Wildman–Crippen MR) is 109 cm³/mol. The highest BCUT2D eigenvalue weighted by Crippen LogP contribution is 2.45. The van der Waals surface area contributed by atoms with E-state index in [1.54, 1.807) is 17.6 Å². The Balaban J connectivity index is 1.56. The summed E-state index contributed by atoms with van der Waals surface area (Å²) in [6, 6.07) is 4.19. The first-order valence-electron chi connectivity index (χ1n) is 8.67. The summed E-state index contributed by atoms with van der Waals surface area (Å²) in [6.07, 6.45) is 4.80. The van der Waals surface area contributed by atoms with Crippen LogP contribution in [0.1, 0.15) is 17.7 Å². The number of aromatic nitrogens is 2. The molecule has 5 rings (SSSR count). The standard InChI is InChI=1S/C18H17N5O2S2/c1-11-4-5-13(26-11)12-8-25-17-16(12)18(20-9-19-17)27-10-21-22-14(27)7-23-6-2-3-15(23)24/h4-5,8-10,27H,2-3,6-7H2,1H3. The zero-order valence-corrected chi connectivity index (χ0v) is 16.3. The van der Waals surface area contributed by atoms with Crippen LogP contribution in [0.25, 0.3) is 21.5 Å². The summed E-state index contributed by atoms with van der Waals surface area (Å²) < 4.78 is 5.72. The highest BCUT2D eigenvalue weighted by Gasteiger charge is 2.28. The Morgan fingerprint density at radius 2 is 2.26 bits per heavy atom. The van der Waals surface area contributed by atoms with Crippen LogP contribution in [0.15, 0.2) is 44.4 Å². The monoisotopic (exact) mass is 399 g/mol. The van der Waals surface area contributed by atoms with Crippen LogP contribution in [0.4, 0.5) is 0 Å². The molecule has 9 heteroatoms. The molecule has 0 N–H and O–H groups in total. The van der Waals surface area contributed by atoms with Crippen LogP contribution < -0.4 is 0 Å². The zero-order valence-electron chi connectivity index (χ0n) is 14.6. The number of nitrogens with zero attached hydrogens (tertiary/aromatic N) is 5. The van der Waals surface area contributed by atoms with Gasteiger partial charge in [-0.3, -0.25) is 4.79 Å². The van der Waals surface area contributed by atoms with Crippen molar-refractivity contribution in [2.45, 2.75) is 24.8 Å². The van der Waals surface area contributed by atoms with E-state index in [1.807, 2.05) is 10.4 Å². The minimum absolute atomic E-state index is 0.186. The smallest absolute Gasteiger partial charge is 0.230 e. The van der Waals surface area contributed by atoms with Crippen LogP contribution >= 0.6 is 22.2 Å². The lowest BCUT2D eigenvalue weighted by molar-refractivity contribution is -0.127. The Labute approximate surface area is 162 Å². The third kappa shape index (κ3) is 2.87. The zero-order chi connectivity index (χ0) is 18.4. The number of hydrogen-bond donors (Lipinski definition) is 1. The second kappa shape index (κ2) is 6.58. The van der Waals surface area contributed by atoms with Crippen LogP contribution in [0.3, 0.4) is 0 Å². The van der Waals surface area contributed by atoms with Crippen molar-refractivity contribution >= 4 is 49.8 Å². The summed E-state index contributed by atoms with van der Waals surface area (Å²) in [4.78, 5) is 25.1. The van der Waals surface area contributed by atoms with Crippen LogP contribution in [-0.2, 0) is 4.79 Å². The van der Waals surface area contributed by atoms with Gasteiger partial charge in [0.1, 0.15) is 22.7 Å². The van der Waals surface area contributed by atoms with E-state index in [2.05, 4.69) is 39.2 Å². The Morgan fingerprint density at radius 1 is 1.33 bits per heavy atom. The van der Waals surface area contributed by atoms with E-state index in [-0.39, 0.29) is 5.91 Å². The first kappa shape index (κ1) is 16.6. The van der Waals surface area contributed by atoms with Gasteiger partial charge in [0.15, 0.2) is 0 Å². The minimum Gasteiger partial charge on any atom is -0.445 e. The number of fused-ring (bicyclic) bond motifs is 1. The molecule has 3 aromatic rings. The average molecular weight is 400 g/mol. The molecular weight excluding hydrogens is 382 g/mol. The molecule has 1 fully saturated rings. The number of thiophene rings is 1. The van der Waals surface area contributed by atoms with Gasteiger partial charge in [-0.05, 0) is 25.5 Å². The minimum atomic E-state index is -0.955. The third-order valence-corrected chi connectivity index (χ3v) is 7.66. The van der Waals surface area contributed by atoms with Gasteiger partial charge in [0.2, 0.25) is 11.6 Å². The molecule has 3 aromatic heterocycles. The van der Waals surface area contributed by atoms with E-state index >= 15 is 0 Å². The summed E-state index contributed by atoms with van der Waals surface area (Å²) in [5.74, 6) is 0.186. The van der Waals surface area contributed by atoms with Crippen molar-refractivity contribution in [2.75, 3.05) is 13.1 Å². The third-order valence-electron chi connectivity index (χ3n) is 4.71. The molecule has 138 valence electrons. The van der Waals surface area contributed by atoms with Gasteiger partial charge in [-0.2, -0.15) is 5.10 Å². The van der Waals surface area contributed by atoms with Gasteiger partial charge in [0, 0.05) is 28.3 Å². The molecule has 0 saturated carbocycles. The first-order chi connectivity index (χ1) is 13.2. The van der Waals surface area contributed by atoms with Crippen LogP contribution in [0, 0.1) is 6.92 Å². The van der Waals surface area contributed by atoms with Crippen LogP contribution in [0.2, 0.25) is 0 Å². The Bertz CT molecular complexity index is 1100. The van der Waals surface area contributed by atoms with Gasteiger partial charge in [0.25, 0.3) is 0 Å². The molecule has 5 heterocycles. The molecule has 2 aliphatic heterocycles. The van der Waals surface area contributed by atoms with Crippen LogP contribution in [-0.4, -0.2) is 44.5 Å². The SMILES string of the molecule is Cc1ccc(-c2coc3ncnc([SH]4C=NN=C4CN4CCCC4=O)c23)s1. The quantitative estimate of drug-likeness (QED) is 0.537. The van der Waals surface area contributed by atoms with Crippen molar-refractivity contribution in [2.24, 2.45) is 10.2 Å². The van der Waals surface area contributed by atoms with Gasteiger partial charge in [-0.1, -0.05) is 0 Å². The molecule has 2 aliphatic rings. The number of carbonyl (C=O) groups is 1. The number of amides is 1. The molecule has 1 atom stereocenters. The largest absolute Gasteiger partial charge is 0.445 e. The summed E-state index contributed by atoms with van der Waals surface area (Å²) >= 11 is 1.71. The molecule has 0 radical (unpaired) electrons. The fraction of sp³-hybridized carbons (Fsp3) is 0.278. The van der Waals surface area contributed by atoms with Gasteiger partial charge >= 0.3 is 0 Å². The molecule has 1 amide bonds. The lowest BCUT2D eigenvalue weighted by Gasteiger charge is -2.20. The number of aryl methyl sites for hydroxylation is 1. The molecule has 27 heavy (non-hydrogen) atoms. The van der Waals surface area contributed by atoms with Gasteiger partial charge in [-0.15, -0.1) is 27.3 Å². The number of thiol groups is 1. The van der Waals surface area contributed by atoms with Crippen molar-refractivity contribution in [3.63, 3.8) is 0 Å². The van der Waals surface area contributed by atoms with E-state index < -0.39 is 10.9 Å². The van der Waals surface area contributed by atoms with Crippen LogP contribution in [0.5, 0.6) is 0 Å². The Kier molecular flexibility index (Phi) is 4.05. The van der Waals surface area contributed by atoms with E-state index in [1.165, 1.54) is 11.2 Å². The maximum atomic E-state index is 12.0. The lowest BCUT2D eigenvalue weighted by Crippen LogP contribution is -2.30. The summed E-state index contributed by atoms with van der Waals surface area (Å²) in [6.45, 7) is 3.38. The number of carbonyl (C=O) groups excluding carboxylic acids is 1. The highest BCUT2D eigenvalue weighted by molar-refractivity contribution is 8.40. The van der Waals surface area contributed by atoms with Gasteiger partial charge < -0.3 is 9.32 Å². The molecule has 0 spiro atoms. The maximum Gasteiger partial charge on any atom is 0.230 e. The van der Waals surface area contributed by atoms with E-state index in [0.29, 0.717) is 18.7 Å². The normalized spacial score (nSPS) is 20.8. The Morgan fingerprint density at radius 3 is 3.04 bits per heavy atom. The molecule has 7 nitrogen and oxygen atoms in total. The van der Waals surface area contributed by atoms with Crippen molar-refractivity contribution in [1.82, 2.24) is 14.9 Å². The molecule has 0 bridgehead atoms. The lowest BCUT2D eigenvalue weighted by atomic mass is 10.2.